The quantitative estimate of drug-likeness (QED) is 0.250. The fourth-order valence-electron chi connectivity index (χ4n) is 3.20. The molecule has 0 saturated heterocycles. The molecule has 0 atom stereocenters. The molecule has 0 aromatic heterocycles. The number of ether oxygens (including phenoxy) is 2. The molecule has 0 heterocycles. The van der Waals surface area contributed by atoms with Gasteiger partial charge in [-0.15, -0.1) is 0 Å². The fourth-order valence-corrected chi connectivity index (χ4v) is 3.73. The zero-order valence-corrected chi connectivity index (χ0v) is 18.7. The van der Waals surface area contributed by atoms with E-state index in [0.717, 1.165) is 0 Å². The minimum Gasteiger partial charge on any atom is -0.497 e. The molecule has 0 aliphatic rings. The lowest BCUT2D eigenvalue weighted by molar-refractivity contribution is -0.138. The number of anilines is 1. The topological polar surface area (TPSA) is 21.7 Å². The van der Waals surface area contributed by atoms with Crippen LogP contribution >= 0.6 is 15.9 Å². The first-order valence-electron chi connectivity index (χ1n) is 9.39. The summed E-state index contributed by atoms with van der Waals surface area (Å²) in [6.07, 6.45) is -4.91. The summed E-state index contributed by atoms with van der Waals surface area (Å²) in [5, 5.41) is 0. The number of hydrogen-bond donors (Lipinski definition) is 0. The lowest BCUT2D eigenvalue weighted by atomic mass is 10.1. The molecule has 170 valence electrons. The van der Waals surface area contributed by atoms with Gasteiger partial charge in [0.2, 0.25) is 0 Å². The van der Waals surface area contributed by atoms with E-state index in [2.05, 4.69) is 15.9 Å². The predicted molar refractivity (Wildman–Crippen MR) is 115 cm³/mol. The van der Waals surface area contributed by atoms with Gasteiger partial charge in [0.05, 0.1) is 24.3 Å². The van der Waals surface area contributed by atoms with Crippen LogP contribution in [0.15, 0.2) is 59.1 Å². The third kappa shape index (κ3) is 5.32. The first-order chi connectivity index (χ1) is 15.1. The van der Waals surface area contributed by atoms with Gasteiger partial charge in [0.15, 0.2) is 5.82 Å². The first kappa shape index (κ1) is 23.8. The van der Waals surface area contributed by atoms with Crippen LogP contribution < -0.4 is 14.4 Å². The lowest BCUT2D eigenvalue weighted by Gasteiger charge is -2.27. The van der Waals surface area contributed by atoms with Gasteiger partial charge in [-0.1, -0.05) is 24.3 Å². The van der Waals surface area contributed by atoms with Gasteiger partial charge in [0.25, 0.3) is 0 Å². The van der Waals surface area contributed by atoms with Crippen molar-refractivity contribution in [3.8, 4) is 11.5 Å². The largest absolute Gasteiger partial charge is 0.497 e. The molecule has 3 aromatic carbocycles. The average Bonchev–Trinajstić information content (AvgIpc) is 2.76. The number of benzene rings is 3. The molecule has 0 aliphatic carbocycles. The molecule has 0 spiro atoms. The maximum absolute atomic E-state index is 15.1. The molecule has 0 bridgehead atoms. The highest BCUT2D eigenvalue weighted by Crippen LogP contribution is 2.41. The Balaban J connectivity index is 2.05. The van der Waals surface area contributed by atoms with Crippen LogP contribution in [0.5, 0.6) is 11.5 Å². The van der Waals surface area contributed by atoms with Crippen LogP contribution in [0.4, 0.5) is 27.6 Å². The van der Waals surface area contributed by atoms with Crippen molar-refractivity contribution in [2.45, 2.75) is 19.3 Å². The summed E-state index contributed by atoms with van der Waals surface area (Å²) in [5.41, 5.74) is -0.593. The summed E-state index contributed by atoms with van der Waals surface area (Å²) in [7, 11) is 3.02. The number of hydrogen-bond acceptors (Lipinski definition) is 3. The van der Waals surface area contributed by atoms with E-state index in [-0.39, 0.29) is 13.1 Å². The minimum atomic E-state index is -4.91. The van der Waals surface area contributed by atoms with Crippen LogP contribution in [0.2, 0.25) is 0 Å². The SMILES string of the molecule is COc1ccc(CN(Cc2ccc(OC)cc2)c2c(F)cc(C(F)(F)F)c(Br)c2F)cc1. The highest BCUT2D eigenvalue weighted by atomic mass is 79.9. The average molecular weight is 516 g/mol. The van der Waals surface area contributed by atoms with E-state index in [0.29, 0.717) is 28.7 Å². The maximum atomic E-state index is 15.1. The zero-order valence-electron chi connectivity index (χ0n) is 17.1. The van der Waals surface area contributed by atoms with E-state index in [1.165, 1.54) is 19.1 Å². The van der Waals surface area contributed by atoms with Gasteiger partial charge >= 0.3 is 6.18 Å². The van der Waals surface area contributed by atoms with Crippen LogP contribution in [0.1, 0.15) is 16.7 Å². The highest BCUT2D eigenvalue weighted by Gasteiger charge is 2.37. The second-order valence-electron chi connectivity index (χ2n) is 6.93. The van der Waals surface area contributed by atoms with Gasteiger partial charge in [-0.25, -0.2) is 8.78 Å². The van der Waals surface area contributed by atoms with Gasteiger partial charge in [0, 0.05) is 13.1 Å². The Kier molecular flexibility index (Phi) is 7.28. The monoisotopic (exact) mass is 515 g/mol. The molecule has 3 rings (SSSR count). The number of alkyl halides is 3. The van der Waals surface area contributed by atoms with E-state index in [4.69, 9.17) is 9.47 Å². The Morgan fingerprint density at radius 3 is 1.62 bits per heavy atom. The summed E-state index contributed by atoms with van der Waals surface area (Å²) in [6.45, 7) is 0.0866. The van der Waals surface area contributed by atoms with E-state index in [1.807, 2.05) is 0 Å². The second kappa shape index (κ2) is 9.77. The van der Waals surface area contributed by atoms with Crippen molar-refractivity contribution in [2.75, 3.05) is 19.1 Å². The summed E-state index contributed by atoms with van der Waals surface area (Å²) >= 11 is 2.66. The van der Waals surface area contributed by atoms with Gasteiger partial charge in [-0.2, -0.15) is 13.2 Å². The molecular weight excluding hydrogens is 497 g/mol. The molecule has 0 aliphatic heterocycles. The number of halogens is 6. The molecule has 0 amide bonds. The van der Waals surface area contributed by atoms with Crippen molar-refractivity contribution < 1.29 is 31.4 Å². The lowest BCUT2D eigenvalue weighted by Crippen LogP contribution is -2.25. The van der Waals surface area contributed by atoms with Crippen LogP contribution in [0.3, 0.4) is 0 Å². The first-order valence-corrected chi connectivity index (χ1v) is 10.2. The Morgan fingerprint density at radius 1 is 0.812 bits per heavy atom. The molecule has 0 N–H and O–H groups in total. The zero-order chi connectivity index (χ0) is 23.5. The highest BCUT2D eigenvalue weighted by molar-refractivity contribution is 9.10. The third-order valence-corrected chi connectivity index (χ3v) is 5.60. The minimum absolute atomic E-state index is 0.0433. The number of methoxy groups -OCH3 is 2. The van der Waals surface area contributed by atoms with Crippen molar-refractivity contribution in [1.29, 1.82) is 0 Å². The standard InChI is InChI=1S/C23H19BrF5NO2/c1-31-16-7-3-14(4-8-16)12-30(13-15-5-9-17(32-2)10-6-15)22-19(25)11-18(23(27,28)29)20(24)21(22)26/h3-11H,12-13H2,1-2H3. The molecule has 3 nitrogen and oxygen atoms in total. The van der Waals surface area contributed by atoms with Crippen molar-refractivity contribution in [1.82, 2.24) is 0 Å². The van der Waals surface area contributed by atoms with E-state index >= 15 is 4.39 Å². The van der Waals surface area contributed by atoms with Gasteiger partial charge in [-0.3, -0.25) is 0 Å². The van der Waals surface area contributed by atoms with Crippen LogP contribution in [0, 0.1) is 11.6 Å². The summed E-state index contributed by atoms with van der Waals surface area (Å²) < 4.78 is 78.9. The smallest absolute Gasteiger partial charge is 0.417 e. The summed E-state index contributed by atoms with van der Waals surface area (Å²) in [4.78, 5) is 1.35. The maximum Gasteiger partial charge on any atom is 0.417 e. The van der Waals surface area contributed by atoms with Crippen molar-refractivity contribution in [3.63, 3.8) is 0 Å². The molecule has 0 fully saturated rings. The summed E-state index contributed by atoms with van der Waals surface area (Å²) in [5.74, 6) is -1.42. The van der Waals surface area contributed by atoms with Crippen molar-refractivity contribution >= 4 is 21.6 Å². The van der Waals surface area contributed by atoms with Gasteiger partial charge < -0.3 is 14.4 Å². The van der Waals surface area contributed by atoms with Crippen molar-refractivity contribution in [3.05, 3.63) is 87.4 Å². The van der Waals surface area contributed by atoms with Crippen molar-refractivity contribution in [2.24, 2.45) is 0 Å². The van der Waals surface area contributed by atoms with E-state index < -0.39 is 33.5 Å². The molecule has 9 heteroatoms. The Labute approximate surface area is 190 Å². The van der Waals surface area contributed by atoms with Gasteiger partial charge in [0.1, 0.15) is 23.0 Å². The van der Waals surface area contributed by atoms with E-state index in [9.17, 15) is 17.6 Å². The molecule has 0 saturated carbocycles. The molecule has 0 unspecified atom stereocenters. The Bertz CT molecular complexity index is 1020. The van der Waals surface area contributed by atoms with Crippen LogP contribution in [0.25, 0.3) is 0 Å². The van der Waals surface area contributed by atoms with Crippen LogP contribution in [-0.4, -0.2) is 14.2 Å². The fraction of sp³-hybridized carbons (Fsp3) is 0.217. The third-order valence-electron chi connectivity index (χ3n) is 4.82. The Morgan fingerprint density at radius 2 is 1.25 bits per heavy atom. The molecular formula is C23H19BrF5NO2. The second-order valence-corrected chi connectivity index (χ2v) is 7.73. The molecule has 3 aromatic rings. The molecule has 0 radical (unpaired) electrons. The number of rotatable bonds is 7. The summed E-state index contributed by atoms with van der Waals surface area (Å²) in [6, 6.07) is 13.9. The predicted octanol–water partition coefficient (Wildman–Crippen LogP) is 6.97. The normalized spacial score (nSPS) is 11.4. The van der Waals surface area contributed by atoms with E-state index in [1.54, 1.807) is 48.5 Å². The number of nitrogens with zero attached hydrogens (tertiary/aromatic N) is 1. The Hall–Kier alpha value is -2.81. The van der Waals surface area contributed by atoms with Gasteiger partial charge in [-0.05, 0) is 57.4 Å². The van der Waals surface area contributed by atoms with Crippen LogP contribution in [-0.2, 0) is 19.3 Å². The molecule has 32 heavy (non-hydrogen) atoms.